The van der Waals surface area contributed by atoms with Gasteiger partial charge in [0.05, 0.1) is 12.7 Å². The largest absolute Gasteiger partial charge is 1.00 e. The minimum Gasteiger partial charge on any atom is -0.465 e. The number of carbonyl (C=O) groups is 1. The van der Waals surface area contributed by atoms with E-state index in [0.717, 1.165) is 13.2 Å². The molecule has 0 aliphatic carbocycles. The zero-order chi connectivity index (χ0) is 11.6. The molecule has 0 saturated heterocycles. The summed E-state index contributed by atoms with van der Waals surface area (Å²) >= 11 is 0. The zero-order valence-electron chi connectivity index (χ0n) is 8.64. The molecule has 0 saturated carbocycles. The summed E-state index contributed by atoms with van der Waals surface area (Å²) < 4.78 is 53.7. The van der Waals surface area contributed by atoms with Gasteiger partial charge in [-0.25, -0.2) is 9.18 Å². The van der Waals surface area contributed by atoms with Crippen LogP contribution in [0.5, 0.6) is 0 Å². The molecule has 16 heavy (non-hydrogen) atoms. The molecule has 1 aromatic rings. The Labute approximate surface area is 132 Å². The molecule has 0 radical (unpaired) electrons. The number of carbonyl (C=O) groups excluding carboxylic acids is 1. The van der Waals surface area contributed by atoms with Crippen LogP contribution in [0.25, 0.3) is 0 Å². The molecule has 1 rings (SSSR count). The molecular formula is C8H6BF4KO2. The Bertz CT molecular complexity index is 394. The first-order valence-electron chi connectivity index (χ1n) is 3.94. The van der Waals surface area contributed by atoms with Gasteiger partial charge in [-0.15, -0.1) is 5.46 Å². The van der Waals surface area contributed by atoms with E-state index in [-0.39, 0.29) is 57.5 Å². The molecule has 1 aromatic carbocycles. The van der Waals surface area contributed by atoms with Crippen molar-refractivity contribution in [2.24, 2.45) is 0 Å². The molecule has 0 amide bonds. The predicted octanol–water partition coefficient (Wildman–Crippen LogP) is -1.33. The second kappa shape index (κ2) is 6.15. The van der Waals surface area contributed by atoms with Gasteiger partial charge in [0, 0.05) is 0 Å². The Kier molecular flexibility index (Phi) is 6.20. The molecular weight excluding hydrogens is 254 g/mol. The van der Waals surface area contributed by atoms with Crippen LogP contribution in [-0.2, 0) is 4.74 Å². The molecule has 0 bridgehead atoms. The third-order valence-electron chi connectivity index (χ3n) is 1.78. The van der Waals surface area contributed by atoms with Crippen LogP contribution in [0.2, 0.25) is 0 Å². The van der Waals surface area contributed by atoms with Gasteiger partial charge in [0.25, 0.3) is 0 Å². The Morgan fingerprint density at radius 2 is 1.88 bits per heavy atom. The fraction of sp³-hybridized carbons (Fsp3) is 0.125. The van der Waals surface area contributed by atoms with E-state index in [1.54, 1.807) is 0 Å². The van der Waals surface area contributed by atoms with Gasteiger partial charge in [0.15, 0.2) is 0 Å². The van der Waals surface area contributed by atoms with Crippen molar-refractivity contribution in [3.05, 3.63) is 29.6 Å². The van der Waals surface area contributed by atoms with E-state index in [1.807, 2.05) is 0 Å². The van der Waals surface area contributed by atoms with Crippen LogP contribution in [0.3, 0.4) is 0 Å². The molecule has 0 atom stereocenters. The number of hydrogen-bond acceptors (Lipinski definition) is 2. The fourth-order valence-electron chi connectivity index (χ4n) is 1.01. The molecule has 0 aromatic heterocycles. The number of halogens is 4. The van der Waals surface area contributed by atoms with Gasteiger partial charge >= 0.3 is 64.3 Å². The first-order chi connectivity index (χ1) is 6.86. The topological polar surface area (TPSA) is 26.3 Å². The number of benzene rings is 1. The molecule has 82 valence electrons. The maximum atomic E-state index is 13.0. The van der Waals surface area contributed by atoms with Gasteiger partial charge in [-0.3, -0.25) is 0 Å². The minimum absolute atomic E-state index is 0. The average Bonchev–Trinajstić information content (AvgIpc) is 2.15. The molecule has 0 unspecified atom stereocenters. The molecule has 0 aliphatic heterocycles. The summed E-state index contributed by atoms with van der Waals surface area (Å²) in [4.78, 5) is 10.9. The molecule has 0 N–H and O–H groups in total. The zero-order valence-corrected chi connectivity index (χ0v) is 11.8. The molecule has 0 heterocycles. The summed E-state index contributed by atoms with van der Waals surface area (Å²) in [5.74, 6) is -2.24. The maximum Gasteiger partial charge on any atom is 1.00 e. The minimum atomic E-state index is -5.26. The summed E-state index contributed by atoms with van der Waals surface area (Å²) in [7, 11) is 1.02. The van der Waals surface area contributed by atoms with Gasteiger partial charge in [-0.2, -0.15) is 0 Å². The van der Waals surface area contributed by atoms with E-state index in [4.69, 9.17) is 0 Å². The fourth-order valence-corrected chi connectivity index (χ4v) is 1.01. The van der Waals surface area contributed by atoms with Gasteiger partial charge in [-0.05, 0) is 6.07 Å². The van der Waals surface area contributed by atoms with Crippen LogP contribution in [0, 0.1) is 5.82 Å². The predicted molar refractivity (Wildman–Crippen MR) is 46.5 cm³/mol. The Morgan fingerprint density at radius 1 is 1.31 bits per heavy atom. The van der Waals surface area contributed by atoms with Crippen molar-refractivity contribution in [2.45, 2.75) is 0 Å². The number of esters is 1. The van der Waals surface area contributed by atoms with E-state index >= 15 is 0 Å². The van der Waals surface area contributed by atoms with Gasteiger partial charge in [0.1, 0.15) is 5.82 Å². The Morgan fingerprint density at radius 3 is 2.25 bits per heavy atom. The first kappa shape index (κ1) is 16.1. The average molecular weight is 260 g/mol. The molecule has 0 fully saturated rings. The summed E-state index contributed by atoms with van der Waals surface area (Å²) in [6.45, 7) is -5.26. The standard InChI is InChI=1S/C8H6BF4O2.K/c1-15-8(14)6-3-2-5(4-7(6)10)9(11,12)13;/h2-4H,1H3;/q-1;+1. The molecule has 0 aliphatic rings. The Hall–Kier alpha value is 0.111. The summed E-state index contributed by atoms with van der Waals surface area (Å²) in [5.41, 5.74) is -1.60. The van der Waals surface area contributed by atoms with Gasteiger partial charge < -0.3 is 17.7 Å². The summed E-state index contributed by atoms with van der Waals surface area (Å²) in [6, 6.07) is 1.69. The first-order valence-corrected chi connectivity index (χ1v) is 3.94. The van der Waals surface area contributed by atoms with Crippen molar-refractivity contribution in [3.8, 4) is 0 Å². The molecule has 0 spiro atoms. The van der Waals surface area contributed by atoms with Gasteiger partial charge in [-0.1, -0.05) is 12.1 Å². The van der Waals surface area contributed by atoms with Crippen LogP contribution < -0.4 is 56.8 Å². The third kappa shape index (κ3) is 3.85. The van der Waals surface area contributed by atoms with E-state index in [1.165, 1.54) is 0 Å². The third-order valence-corrected chi connectivity index (χ3v) is 1.78. The van der Waals surface area contributed by atoms with Crippen molar-refractivity contribution in [2.75, 3.05) is 7.11 Å². The quantitative estimate of drug-likeness (QED) is 0.374. The van der Waals surface area contributed by atoms with Crippen LogP contribution in [0.1, 0.15) is 10.4 Å². The molecule has 2 nitrogen and oxygen atoms in total. The molecule has 8 heteroatoms. The van der Waals surface area contributed by atoms with Crippen LogP contribution in [0.15, 0.2) is 18.2 Å². The van der Waals surface area contributed by atoms with Crippen LogP contribution in [0.4, 0.5) is 17.3 Å². The van der Waals surface area contributed by atoms with E-state index in [2.05, 4.69) is 4.74 Å². The second-order valence-electron chi connectivity index (χ2n) is 2.81. The summed E-state index contributed by atoms with van der Waals surface area (Å²) in [5, 5.41) is 0. The number of rotatable bonds is 2. The SMILES string of the molecule is COC(=O)c1ccc([B-](F)(F)F)cc1F.[K+]. The number of hydrogen-bond donors (Lipinski definition) is 0. The van der Waals surface area contributed by atoms with E-state index in [9.17, 15) is 22.1 Å². The van der Waals surface area contributed by atoms with Crippen LogP contribution in [-0.4, -0.2) is 20.1 Å². The Balaban J connectivity index is 0.00000225. The smallest absolute Gasteiger partial charge is 0.465 e. The van der Waals surface area contributed by atoms with Crippen molar-refractivity contribution in [1.82, 2.24) is 0 Å². The maximum absolute atomic E-state index is 13.0. The van der Waals surface area contributed by atoms with Crippen LogP contribution >= 0.6 is 0 Å². The van der Waals surface area contributed by atoms with E-state index in [0.29, 0.717) is 6.07 Å². The number of methoxy groups -OCH3 is 1. The van der Waals surface area contributed by atoms with Crippen molar-refractivity contribution < 1.29 is 78.3 Å². The summed E-state index contributed by atoms with van der Waals surface area (Å²) in [6.07, 6.45) is 0. The normalized spacial score (nSPS) is 10.6. The van der Waals surface area contributed by atoms with Gasteiger partial charge in [0.2, 0.25) is 0 Å². The number of ether oxygens (including phenoxy) is 1. The van der Waals surface area contributed by atoms with Crippen molar-refractivity contribution in [1.29, 1.82) is 0 Å². The van der Waals surface area contributed by atoms with E-state index < -0.39 is 29.8 Å². The second-order valence-corrected chi connectivity index (χ2v) is 2.81. The van der Waals surface area contributed by atoms with Crippen molar-refractivity contribution >= 4 is 18.4 Å². The van der Waals surface area contributed by atoms with Crippen molar-refractivity contribution in [3.63, 3.8) is 0 Å². The monoisotopic (exact) mass is 260 g/mol.